The highest BCUT2D eigenvalue weighted by atomic mass is 35.5. The minimum Gasteiger partial charge on any atom is -0.289 e. The van der Waals surface area contributed by atoms with Gasteiger partial charge in [-0.1, -0.05) is 42.3 Å². The maximum absolute atomic E-state index is 12.6. The SMILES string of the molecule is Cc1ccc(C(=O)c2cccc(C3CCC3)c2)c(Cl)c1. The Bertz CT molecular complexity index is 656. The van der Waals surface area contributed by atoms with E-state index in [0.29, 0.717) is 16.5 Å². The van der Waals surface area contributed by atoms with Gasteiger partial charge in [-0.15, -0.1) is 0 Å². The van der Waals surface area contributed by atoms with Crippen LogP contribution in [0.3, 0.4) is 0 Å². The van der Waals surface area contributed by atoms with Crippen LogP contribution in [0.2, 0.25) is 5.02 Å². The highest BCUT2D eigenvalue weighted by Gasteiger charge is 2.21. The van der Waals surface area contributed by atoms with Gasteiger partial charge in [0.15, 0.2) is 5.78 Å². The molecule has 1 saturated carbocycles. The zero-order valence-corrected chi connectivity index (χ0v) is 12.3. The fraction of sp³-hybridized carbons (Fsp3) is 0.278. The van der Waals surface area contributed by atoms with Crippen LogP contribution in [0.25, 0.3) is 0 Å². The van der Waals surface area contributed by atoms with Crippen molar-refractivity contribution in [2.24, 2.45) is 0 Å². The van der Waals surface area contributed by atoms with Crippen molar-refractivity contribution >= 4 is 17.4 Å². The number of hydrogen-bond acceptors (Lipinski definition) is 1. The Morgan fingerprint density at radius 3 is 2.60 bits per heavy atom. The minimum atomic E-state index is 0.0103. The maximum Gasteiger partial charge on any atom is 0.194 e. The van der Waals surface area contributed by atoms with Crippen molar-refractivity contribution in [1.82, 2.24) is 0 Å². The molecule has 0 heterocycles. The number of halogens is 1. The highest BCUT2D eigenvalue weighted by molar-refractivity contribution is 6.35. The average Bonchev–Trinajstić information content (AvgIpc) is 2.36. The Balaban J connectivity index is 1.93. The molecule has 1 aliphatic rings. The summed E-state index contributed by atoms with van der Waals surface area (Å²) < 4.78 is 0. The predicted molar refractivity (Wildman–Crippen MR) is 82.7 cm³/mol. The molecule has 1 aliphatic carbocycles. The van der Waals surface area contributed by atoms with E-state index in [1.165, 1.54) is 24.8 Å². The van der Waals surface area contributed by atoms with Gasteiger partial charge in [-0.3, -0.25) is 4.79 Å². The Kier molecular flexibility index (Phi) is 3.62. The first-order valence-electron chi connectivity index (χ1n) is 7.06. The summed E-state index contributed by atoms with van der Waals surface area (Å²) in [5, 5.41) is 0.532. The summed E-state index contributed by atoms with van der Waals surface area (Å²) in [5.41, 5.74) is 3.67. The van der Waals surface area contributed by atoms with Gasteiger partial charge in [0, 0.05) is 11.1 Å². The maximum atomic E-state index is 12.6. The molecule has 0 radical (unpaired) electrons. The van der Waals surface area contributed by atoms with Crippen LogP contribution in [0.15, 0.2) is 42.5 Å². The highest BCUT2D eigenvalue weighted by Crippen LogP contribution is 2.36. The van der Waals surface area contributed by atoms with Gasteiger partial charge in [-0.2, -0.15) is 0 Å². The van der Waals surface area contributed by atoms with Crippen LogP contribution < -0.4 is 0 Å². The second-order valence-corrected chi connectivity index (χ2v) is 5.97. The molecule has 0 aromatic heterocycles. The van der Waals surface area contributed by atoms with E-state index < -0.39 is 0 Å². The van der Waals surface area contributed by atoms with Gasteiger partial charge in [0.2, 0.25) is 0 Å². The van der Waals surface area contributed by atoms with Gasteiger partial charge < -0.3 is 0 Å². The molecule has 0 bridgehead atoms. The molecule has 1 nitrogen and oxygen atoms in total. The molecule has 2 aromatic rings. The Labute approximate surface area is 124 Å². The van der Waals surface area contributed by atoms with E-state index in [1.54, 1.807) is 0 Å². The molecule has 3 rings (SSSR count). The van der Waals surface area contributed by atoms with E-state index >= 15 is 0 Å². The van der Waals surface area contributed by atoms with Crippen molar-refractivity contribution in [3.05, 3.63) is 69.7 Å². The number of carbonyl (C=O) groups is 1. The molecule has 0 amide bonds. The molecule has 0 N–H and O–H groups in total. The van der Waals surface area contributed by atoms with Crippen molar-refractivity contribution in [2.45, 2.75) is 32.1 Å². The molecule has 0 aliphatic heterocycles. The number of rotatable bonds is 3. The van der Waals surface area contributed by atoms with Gasteiger partial charge in [0.05, 0.1) is 5.02 Å². The zero-order chi connectivity index (χ0) is 14.1. The first kappa shape index (κ1) is 13.4. The first-order chi connectivity index (χ1) is 9.65. The lowest BCUT2D eigenvalue weighted by molar-refractivity contribution is 0.103. The molecule has 2 heteroatoms. The number of aryl methyl sites for hydroxylation is 1. The average molecular weight is 285 g/mol. The molecule has 0 unspecified atom stereocenters. The van der Waals surface area contributed by atoms with Gasteiger partial charge in [0.1, 0.15) is 0 Å². The second-order valence-electron chi connectivity index (χ2n) is 5.57. The van der Waals surface area contributed by atoms with Crippen molar-refractivity contribution in [2.75, 3.05) is 0 Å². The first-order valence-corrected chi connectivity index (χ1v) is 7.44. The topological polar surface area (TPSA) is 17.1 Å². The zero-order valence-electron chi connectivity index (χ0n) is 11.5. The van der Waals surface area contributed by atoms with E-state index in [9.17, 15) is 4.79 Å². The summed E-state index contributed by atoms with van der Waals surface area (Å²) in [6.07, 6.45) is 3.78. The molecule has 2 aromatic carbocycles. The lowest BCUT2D eigenvalue weighted by Crippen LogP contribution is -2.10. The van der Waals surface area contributed by atoms with E-state index in [-0.39, 0.29) is 5.78 Å². The fourth-order valence-corrected chi connectivity index (χ4v) is 2.96. The standard InChI is InChI=1S/C18H17ClO/c1-12-8-9-16(17(19)10-12)18(20)15-7-3-6-14(11-15)13-4-2-5-13/h3,6-11,13H,2,4-5H2,1H3. The summed E-state index contributed by atoms with van der Waals surface area (Å²) in [5.74, 6) is 0.646. The van der Waals surface area contributed by atoms with Crippen LogP contribution in [0.5, 0.6) is 0 Å². The number of ketones is 1. The van der Waals surface area contributed by atoms with E-state index in [4.69, 9.17) is 11.6 Å². The van der Waals surface area contributed by atoms with Crippen LogP contribution in [0.4, 0.5) is 0 Å². The smallest absolute Gasteiger partial charge is 0.194 e. The van der Waals surface area contributed by atoms with Crippen LogP contribution >= 0.6 is 11.6 Å². The quantitative estimate of drug-likeness (QED) is 0.713. The molecule has 0 saturated heterocycles. The summed E-state index contributed by atoms with van der Waals surface area (Å²) in [4.78, 5) is 12.6. The van der Waals surface area contributed by atoms with Gasteiger partial charge in [0.25, 0.3) is 0 Å². The lowest BCUT2D eigenvalue weighted by Gasteiger charge is -2.26. The third-order valence-corrected chi connectivity index (χ3v) is 4.41. The van der Waals surface area contributed by atoms with Crippen molar-refractivity contribution < 1.29 is 4.79 Å². The fourth-order valence-electron chi connectivity index (χ4n) is 2.64. The second kappa shape index (κ2) is 5.41. The van der Waals surface area contributed by atoms with Crippen molar-refractivity contribution in [3.8, 4) is 0 Å². The van der Waals surface area contributed by atoms with Crippen LogP contribution in [-0.2, 0) is 0 Å². The number of benzene rings is 2. The molecular formula is C18H17ClO. The Morgan fingerprint density at radius 2 is 1.95 bits per heavy atom. The largest absolute Gasteiger partial charge is 0.289 e. The Morgan fingerprint density at radius 1 is 1.15 bits per heavy atom. The third-order valence-electron chi connectivity index (χ3n) is 4.09. The summed E-state index contributed by atoms with van der Waals surface area (Å²) >= 11 is 6.19. The number of hydrogen-bond donors (Lipinski definition) is 0. The number of carbonyl (C=O) groups excluding carboxylic acids is 1. The molecule has 0 atom stereocenters. The van der Waals surface area contributed by atoms with E-state index in [0.717, 1.165) is 11.1 Å². The molecule has 20 heavy (non-hydrogen) atoms. The monoisotopic (exact) mass is 284 g/mol. The summed E-state index contributed by atoms with van der Waals surface area (Å²) in [6, 6.07) is 13.6. The van der Waals surface area contributed by atoms with Gasteiger partial charge in [-0.25, -0.2) is 0 Å². The lowest BCUT2D eigenvalue weighted by atomic mass is 9.79. The van der Waals surface area contributed by atoms with Gasteiger partial charge >= 0.3 is 0 Å². The molecule has 1 fully saturated rings. The van der Waals surface area contributed by atoms with E-state index in [2.05, 4.69) is 6.07 Å². The molecule has 0 spiro atoms. The summed E-state index contributed by atoms with van der Waals surface area (Å²) in [7, 11) is 0. The Hall–Kier alpha value is -1.60. The normalized spacial score (nSPS) is 14.9. The van der Waals surface area contributed by atoms with Crippen molar-refractivity contribution in [3.63, 3.8) is 0 Å². The van der Waals surface area contributed by atoms with Gasteiger partial charge in [-0.05, 0) is 55.0 Å². The van der Waals surface area contributed by atoms with Crippen LogP contribution in [-0.4, -0.2) is 5.78 Å². The van der Waals surface area contributed by atoms with E-state index in [1.807, 2.05) is 43.3 Å². The summed E-state index contributed by atoms with van der Waals surface area (Å²) in [6.45, 7) is 1.97. The minimum absolute atomic E-state index is 0.0103. The molecule has 102 valence electrons. The van der Waals surface area contributed by atoms with Crippen LogP contribution in [0, 0.1) is 6.92 Å². The molecular weight excluding hydrogens is 268 g/mol. The third kappa shape index (κ3) is 2.51. The van der Waals surface area contributed by atoms with Crippen molar-refractivity contribution in [1.29, 1.82) is 0 Å². The predicted octanol–water partition coefficient (Wildman–Crippen LogP) is 5.15. The van der Waals surface area contributed by atoms with Crippen LogP contribution in [0.1, 0.15) is 52.2 Å².